The quantitative estimate of drug-likeness (QED) is 0.767. The minimum atomic E-state index is 0.402. The van der Waals surface area contributed by atoms with Gasteiger partial charge in [-0.25, -0.2) is 4.98 Å². The number of nitrogens with zero attached hydrogens (tertiary/aromatic N) is 2. The van der Waals surface area contributed by atoms with E-state index in [0.717, 1.165) is 17.4 Å². The summed E-state index contributed by atoms with van der Waals surface area (Å²) in [5.41, 5.74) is 0. The largest absolute Gasteiger partial charge is 0.262 e. The third-order valence-electron chi connectivity index (χ3n) is 1.25. The summed E-state index contributed by atoms with van der Waals surface area (Å²) >= 11 is 7.38. The van der Waals surface area contributed by atoms with Gasteiger partial charge in [-0.1, -0.05) is 13.8 Å². The lowest BCUT2D eigenvalue weighted by atomic mass is 10.6. The van der Waals surface area contributed by atoms with Crippen LogP contribution in [0, 0.1) is 0 Å². The molecule has 1 rings (SSSR count). The highest BCUT2D eigenvalue weighted by molar-refractivity contribution is 7.99. The zero-order valence-corrected chi connectivity index (χ0v) is 8.74. The average molecular weight is 206 g/mol. The molecule has 3 nitrogen and oxygen atoms in total. The Balaban J connectivity index is 2.41. The maximum atomic E-state index is 5.56. The van der Waals surface area contributed by atoms with Crippen LogP contribution in [0.5, 0.6) is 0 Å². The number of hydrogen-bond donors (Lipinski definition) is 1. The Hall–Kier alpha value is -0.220. The van der Waals surface area contributed by atoms with E-state index in [1.54, 1.807) is 0 Å². The molecule has 5 heteroatoms. The van der Waals surface area contributed by atoms with Gasteiger partial charge in [0, 0.05) is 0 Å². The van der Waals surface area contributed by atoms with Crippen molar-refractivity contribution in [1.29, 1.82) is 0 Å². The molecule has 1 N–H and O–H groups in total. The van der Waals surface area contributed by atoms with Crippen molar-refractivity contribution in [1.82, 2.24) is 15.2 Å². The average Bonchev–Trinajstić information content (AvgIpc) is 2.48. The predicted molar refractivity (Wildman–Crippen MR) is 52.4 cm³/mol. The first-order chi connectivity index (χ1) is 5.72. The summed E-state index contributed by atoms with van der Waals surface area (Å²) in [6, 6.07) is 0. The highest BCUT2D eigenvalue weighted by atomic mass is 35.5. The van der Waals surface area contributed by atoms with E-state index in [1.165, 1.54) is 0 Å². The van der Waals surface area contributed by atoms with Crippen molar-refractivity contribution < 1.29 is 0 Å². The van der Waals surface area contributed by atoms with Crippen molar-refractivity contribution in [3.05, 3.63) is 11.6 Å². The molecule has 0 saturated carbocycles. The Labute approximate surface area is 81.3 Å². The monoisotopic (exact) mass is 205 g/mol. The first-order valence-electron chi connectivity index (χ1n) is 3.80. The lowest BCUT2D eigenvalue weighted by Crippen LogP contribution is -1.90. The zero-order chi connectivity index (χ0) is 8.97. The first-order valence-corrected chi connectivity index (χ1v) is 5.38. The van der Waals surface area contributed by atoms with Gasteiger partial charge in [0.05, 0.1) is 11.6 Å². The summed E-state index contributed by atoms with van der Waals surface area (Å²) in [5, 5.41) is 7.40. The van der Waals surface area contributed by atoms with Gasteiger partial charge in [-0.15, -0.1) is 11.6 Å². The number of thioether (sulfide) groups is 1. The van der Waals surface area contributed by atoms with E-state index >= 15 is 0 Å². The van der Waals surface area contributed by atoms with Gasteiger partial charge < -0.3 is 0 Å². The second kappa shape index (κ2) is 4.72. The highest BCUT2D eigenvalue weighted by Crippen LogP contribution is 2.14. The van der Waals surface area contributed by atoms with Crippen LogP contribution in [0.15, 0.2) is 0 Å². The molecule has 0 aliphatic carbocycles. The van der Waals surface area contributed by atoms with Gasteiger partial charge in [-0.05, 0) is 5.25 Å². The van der Waals surface area contributed by atoms with E-state index in [0.29, 0.717) is 11.1 Å². The highest BCUT2D eigenvalue weighted by Gasteiger charge is 2.02. The van der Waals surface area contributed by atoms with Crippen LogP contribution in [0.2, 0.25) is 0 Å². The molecule has 0 aliphatic rings. The molecule has 0 fully saturated rings. The van der Waals surface area contributed by atoms with Crippen molar-refractivity contribution in [2.45, 2.75) is 30.7 Å². The van der Waals surface area contributed by atoms with Crippen LogP contribution < -0.4 is 0 Å². The van der Waals surface area contributed by atoms with Crippen molar-refractivity contribution in [3.63, 3.8) is 0 Å². The molecule has 0 aromatic carbocycles. The fraction of sp³-hybridized carbons (Fsp3) is 0.714. The SMILES string of the molecule is CC(C)SCc1n[nH]c(CCl)n1. The van der Waals surface area contributed by atoms with Crippen molar-refractivity contribution in [3.8, 4) is 0 Å². The van der Waals surface area contributed by atoms with E-state index in [4.69, 9.17) is 11.6 Å². The first kappa shape index (κ1) is 9.86. The lowest BCUT2D eigenvalue weighted by Gasteiger charge is -1.99. The van der Waals surface area contributed by atoms with Crippen molar-refractivity contribution in [2.75, 3.05) is 0 Å². The molecule has 68 valence electrons. The maximum absolute atomic E-state index is 5.56. The number of aromatic nitrogens is 3. The zero-order valence-electron chi connectivity index (χ0n) is 7.17. The smallest absolute Gasteiger partial charge is 0.160 e. The number of hydrogen-bond acceptors (Lipinski definition) is 3. The standard InChI is InChI=1S/C7H12ClN3S/c1-5(2)12-4-7-9-6(3-8)10-11-7/h5H,3-4H2,1-2H3,(H,9,10,11). The molecule has 0 amide bonds. The molecule has 0 bridgehead atoms. The fourth-order valence-electron chi connectivity index (χ4n) is 0.700. The topological polar surface area (TPSA) is 41.6 Å². The molecule has 0 unspecified atom stereocenters. The van der Waals surface area contributed by atoms with Gasteiger partial charge >= 0.3 is 0 Å². The molecular weight excluding hydrogens is 194 g/mol. The molecule has 0 atom stereocenters. The molecule has 0 saturated heterocycles. The Morgan fingerprint density at radius 2 is 2.33 bits per heavy atom. The number of halogens is 1. The molecular formula is C7H12ClN3S. The second-order valence-corrected chi connectivity index (χ2v) is 4.52. The molecule has 12 heavy (non-hydrogen) atoms. The van der Waals surface area contributed by atoms with E-state index in [2.05, 4.69) is 29.0 Å². The third kappa shape index (κ3) is 3.03. The summed E-state index contributed by atoms with van der Waals surface area (Å²) in [7, 11) is 0. The Morgan fingerprint density at radius 1 is 1.58 bits per heavy atom. The fourth-order valence-corrected chi connectivity index (χ4v) is 1.43. The summed E-state index contributed by atoms with van der Waals surface area (Å²) in [5.74, 6) is 2.84. The van der Waals surface area contributed by atoms with E-state index in [-0.39, 0.29) is 0 Å². The molecule has 1 aromatic heterocycles. The summed E-state index contributed by atoms with van der Waals surface area (Å²) < 4.78 is 0. The Kier molecular flexibility index (Phi) is 3.88. The summed E-state index contributed by atoms with van der Waals surface area (Å²) in [6.45, 7) is 4.31. The summed E-state index contributed by atoms with van der Waals surface area (Å²) in [4.78, 5) is 4.18. The lowest BCUT2D eigenvalue weighted by molar-refractivity contribution is 0.999. The van der Waals surface area contributed by atoms with Crippen LogP contribution in [0.4, 0.5) is 0 Å². The Bertz CT molecular complexity index is 236. The van der Waals surface area contributed by atoms with Gasteiger partial charge in [0.1, 0.15) is 5.82 Å². The minimum Gasteiger partial charge on any atom is -0.262 e. The van der Waals surface area contributed by atoms with Crippen LogP contribution in [0.1, 0.15) is 25.5 Å². The second-order valence-electron chi connectivity index (χ2n) is 2.69. The molecule has 0 aliphatic heterocycles. The Morgan fingerprint density at radius 3 is 2.83 bits per heavy atom. The predicted octanol–water partition coefficient (Wildman–Crippen LogP) is 2.19. The molecule has 0 spiro atoms. The number of rotatable bonds is 4. The van der Waals surface area contributed by atoms with Crippen LogP contribution in [-0.4, -0.2) is 20.4 Å². The van der Waals surface area contributed by atoms with Gasteiger partial charge in [-0.3, -0.25) is 5.10 Å². The van der Waals surface area contributed by atoms with Gasteiger partial charge in [0.25, 0.3) is 0 Å². The van der Waals surface area contributed by atoms with Gasteiger partial charge in [0.2, 0.25) is 0 Å². The van der Waals surface area contributed by atoms with Crippen LogP contribution in [-0.2, 0) is 11.6 Å². The minimum absolute atomic E-state index is 0.402. The number of aromatic amines is 1. The normalized spacial score (nSPS) is 11.0. The molecule has 1 heterocycles. The molecule has 0 radical (unpaired) electrons. The number of H-pyrrole nitrogens is 1. The van der Waals surface area contributed by atoms with Crippen LogP contribution >= 0.6 is 23.4 Å². The summed E-state index contributed by atoms with van der Waals surface area (Å²) in [6.07, 6.45) is 0. The van der Waals surface area contributed by atoms with Crippen molar-refractivity contribution >= 4 is 23.4 Å². The number of alkyl halides is 1. The van der Waals surface area contributed by atoms with Gasteiger partial charge in [-0.2, -0.15) is 16.9 Å². The van der Waals surface area contributed by atoms with Gasteiger partial charge in [0.15, 0.2) is 5.82 Å². The van der Waals surface area contributed by atoms with E-state index in [9.17, 15) is 0 Å². The van der Waals surface area contributed by atoms with Crippen molar-refractivity contribution in [2.24, 2.45) is 0 Å². The third-order valence-corrected chi connectivity index (χ3v) is 2.60. The van der Waals surface area contributed by atoms with Crippen LogP contribution in [0.25, 0.3) is 0 Å². The van der Waals surface area contributed by atoms with E-state index < -0.39 is 0 Å². The maximum Gasteiger partial charge on any atom is 0.160 e. The van der Waals surface area contributed by atoms with Crippen LogP contribution in [0.3, 0.4) is 0 Å². The van der Waals surface area contributed by atoms with E-state index in [1.807, 2.05) is 11.8 Å². The number of nitrogens with one attached hydrogen (secondary N) is 1. The molecule has 1 aromatic rings.